The highest BCUT2D eigenvalue weighted by atomic mass is 32.1. The molecule has 32 heavy (non-hydrogen) atoms. The summed E-state index contributed by atoms with van der Waals surface area (Å²) in [6.45, 7) is 2.42. The Labute approximate surface area is 189 Å². The normalized spacial score (nSPS) is 17.1. The van der Waals surface area contributed by atoms with Crippen LogP contribution in [-0.2, 0) is 20.8 Å². The molecule has 2 atom stereocenters. The number of anilines is 2. The second-order valence-electron chi connectivity index (χ2n) is 7.56. The Hall–Kier alpha value is -3.28. The Morgan fingerprint density at radius 3 is 2.69 bits per heavy atom. The number of nitrogens with one attached hydrogen (secondary N) is 3. The highest BCUT2D eigenvalue weighted by Gasteiger charge is 2.23. The summed E-state index contributed by atoms with van der Waals surface area (Å²) in [6.07, 6.45) is 4.09. The molecule has 11 nitrogen and oxygen atoms in total. The predicted octanol–water partition coefficient (Wildman–Crippen LogP) is 0.911. The number of fused-ring (bicyclic) bond motifs is 1. The van der Waals surface area contributed by atoms with E-state index in [4.69, 9.17) is 15.9 Å². The number of nitrogens with two attached hydrogens (primary N) is 1. The fourth-order valence-corrected chi connectivity index (χ4v) is 3.44. The van der Waals surface area contributed by atoms with Crippen LogP contribution in [0.25, 0.3) is 0 Å². The highest BCUT2D eigenvalue weighted by molar-refractivity contribution is 7.84. The number of aromatic nitrogens is 2. The van der Waals surface area contributed by atoms with Crippen LogP contribution < -0.4 is 21.9 Å². The number of hydrogen-bond acceptors (Lipinski definition) is 8. The van der Waals surface area contributed by atoms with Crippen molar-refractivity contribution in [3.63, 3.8) is 0 Å². The third kappa shape index (κ3) is 7.45. The van der Waals surface area contributed by atoms with Crippen molar-refractivity contribution < 1.29 is 24.6 Å². The van der Waals surface area contributed by atoms with E-state index in [0.29, 0.717) is 30.8 Å². The average molecular weight is 466 g/mol. The summed E-state index contributed by atoms with van der Waals surface area (Å²) in [5.41, 5.74) is 6.61. The molecule has 0 aromatic carbocycles. The van der Waals surface area contributed by atoms with Gasteiger partial charge in [-0.25, -0.2) is 4.79 Å². The van der Waals surface area contributed by atoms with E-state index in [2.05, 4.69) is 33.2 Å². The number of hydrogen-bond donors (Lipinski definition) is 7. The molecule has 0 saturated carbocycles. The molecule has 0 fully saturated rings. The minimum atomic E-state index is -1.30. The first kappa shape index (κ1) is 25.0. The van der Waals surface area contributed by atoms with E-state index in [-0.39, 0.29) is 30.3 Å². The molecule has 2 rings (SSSR count). The van der Waals surface area contributed by atoms with Gasteiger partial charge in [0.15, 0.2) is 0 Å². The lowest BCUT2D eigenvalue weighted by molar-refractivity contribution is -0.142. The molecule has 0 unspecified atom stereocenters. The first-order valence-corrected chi connectivity index (χ1v) is 10.5. The minimum absolute atomic E-state index is 0.0725. The molecule has 1 amide bonds. The van der Waals surface area contributed by atoms with E-state index < -0.39 is 23.9 Å². The first-order chi connectivity index (χ1) is 15.1. The molecule has 0 spiro atoms. The number of nitrogen functional groups attached to an aromatic ring is 1. The summed E-state index contributed by atoms with van der Waals surface area (Å²) < 4.78 is 0. The monoisotopic (exact) mass is 465 g/mol. The van der Waals surface area contributed by atoms with Crippen molar-refractivity contribution in [2.24, 2.45) is 5.92 Å². The van der Waals surface area contributed by atoms with E-state index in [9.17, 15) is 19.2 Å². The number of aromatic amines is 1. The second kappa shape index (κ2) is 11.4. The molecule has 1 aromatic heterocycles. The number of carbonyl (C=O) groups is 3. The van der Waals surface area contributed by atoms with Crippen molar-refractivity contribution >= 4 is 42.2 Å². The minimum Gasteiger partial charge on any atom is -0.481 e. The third-order valence-corrected chi connectivity index (χ3v) is 5.65. The van der Waals surface area contributed by atoms with Gasteiger partial charge >= 0.3 is 11.9 Å². The molecule has 0 bridgehead atoms. The zero-order chi connectivity index (χ0) is 23.8. The number of H-pyrrole nitrogens is 1. The third-order valence-electron chi connectivity index (χ3n) is 5.08. The Balaban J connectivity index is 1.90. The molecular weight excluding hydrogens is 438 g/mol. The predicted molar refractivity (Wildman–Crippen MR) is 121 cm³/mol. The molecule has 1 aliphatic heterocycles. The summed E-state index contributed by atoms with van der Waals surface area (Å²) in [6, 6.07) is -1.28. The molecule has 0 aliphatic carbocycles. The van der Waals surface area contributed by atoms with Gasteiger partial charge in [0.1, 0.15) is 11.9 Å². The van der Waals surface area contributed by atoms with Gasteiger partial charge in [-0.15, -0.1) is 12.6 Å². The number of carboxylic acids is 2. The van der Waals surface area contributed by atoms with Crippen molar-refractivity contribution in [1.82, 2.24) is 15.3 Å². The number of aliphatic carboxylic acids is 2. The SMILES string of the molecule is CC(/C=C/C(=O)N[C@@H](CCC(=O)O)C(=O)O)=C(/S)CC[C@@H]1CNc2nc(N)[nH]c(=O)c2C1. The first-order valence-electron chi connectivity index (χ1n) is 10.0. The number of allylic oxidation sites excluding steroid dienone is 3. The van der Waals surface area contributed by atoms with Gasteiger partial charge in [-0.1, -0.05) is 6.08 Å². The Morgan fingerprint density at radius 1 is 1.31 bits per heavy atom. The van der Waals surface area contributed by atoms with Crippen LogP contribution in [0.4, 0.5) is 11.8 Å². The van der Waals surface area contributed by atoms with Crippen LogP contribution in [0.5, 0.6) is 0 Å². The van der Waals surface area contributed by atoms with Crippen LogP contribution in [0.2, 0.25) is 0 Å². The molecule has 1 aliphatic rings. The Morgan fingerprint density at radius 2 is 2.03 bits per heavy atom. The molecule has 0 radical (unpaired) electrons. The number of carbonyl (C=O) groups excluding carboxylic acids is 1. The summed E-state index contributed by atoms with van der Waals surface area (Å²) in [5.74, 6) is -2.29. The lowest BCUT2D eigenvalue weighted by atomic mass is 9.92. The van der Waals surface area contributed by atoms with Crippen LogP contribution in [0.15, 0.2) is 27.4 Å². The van der Waals surface area contributed by atoms with Crippen LogP contribution in [0.1, 0.15) is 38.2 Å². The number of nitrogens with zero attached hydrogens (tertiary/aromatic N) is 1. The van der Waals surface area contributed by atoms with Crippen molar-refractivity contribution in [2.45, 2.75) is 45.1 Å². The maximum absolute atomic E-state index is 12.1. The van der Waals surface area contributed by atoms with E-state index in [0.717, 1.165) is 16.9 Å². The van der Waals surface area contributed by atoms with E-state index in [1.807, 2.05) is 0 Å². The van der Waals surface area contributed by atoms with Gasteiger partial charge in [-0.2, -0.15) is 4.98 Å². The maximum Gasteiger partial charge on any atom is 0.326 e. The molecule has 1 aromatic rings. The van der Waals surface area contributed by atoms with Crippen molar-refractivity contribution in [3.05, 3.63) is 38.5 Å². The van der Waals surface area contributed by atoms with Crippen LogP contribution >= 0.6 is 12.6 Å². The average Bonchev–Trinajstić information content (AvgIpc) is 2.72. The van der Waals surface area contributed by atoms with Crippen molar-refractivity contribution in [2.75, 3.05) is 17.6 Å². The van der Waals surface area contributed by atoms with Gasteiger partial charge in [0.05, 0.1) is 5.56 Å². The van der Waals surface area contributed by atoms with Gasteiger partial charge in [0, 0.05) is 19.0 Å². The smallest absolute Gasteiger partial charge is 0.326 e. The van der Waals surface area contributed by atoms with Crippen molar-refractivity contribution in [1.29, 1.82) is 0 Å². The van der Waals surface area contributed by atoms with E-state index in [1.54, 1.807) is 6.92 Å². The van der Waals surface area contributed by atoms with Gasteiger partial charge in [0.2, 0.25) is 11.9 Å². The zero-order valence-electron chi connectivity index (χ0n) is 17.6. The lowest BCUT2D eigenvalue weighted by Gasteiger charge is -2.24. The van der Waals surface area contributed by atoms with E-state index >= 15 is 0 Å². The molecular formula is C20H27N5O6S. The topological polar surface area (TPSA) is 188 Å². The number of thiol groups is 1. The van der Waals surface area contributed by atoms with Gasteiger partial charge in [0.25, 0.3) is 5.56 Å². The molecule has 2 heterocycles. The fourth-order valence-electron chi connectivity index (χ4n) is 3.24. The van der Waals surface area contributed by atoms with Crippen LogP contribution in [0, 0.1) is 5.92 Å². The molecule has 12 heteroatoms. The molecule has 0 saturated heterocycles. The maximum atomic E-state index is 12.1. The summed E-state index contributed by atoms with van der Waals surface area (Å²) >= 11 is 4.49. The Bertz CT molecular complexity index is 1000. The van der Waals surface area contributed by atoms with Gasteiger partial charge < -0.3 is 26.6 Å². The molecule has 174 valence electrons. The van der Waals surface area contributed by atoms with Gasteiger partial charge in [-0.3, -0.25) is 19.4 Å². The highest BCUT2D eigenvalue weighted by Crippen LogP contribution is 2.26. The summed E-state index contributed by atoms with van der Waals surface area (Å²) in [4.78, 5) is 53.2. The summed E-state index contributed by atoms with van der Waals surface area (Å²) in [5, 5.41) is 23.2. The van der Waals surface area contributed by atoms with Crippen molar-refractivity contribution in [3.8, 4) is 0 Å². The van der Waals surface area contributed by atoms with Crippen LogP contribution in [-0.4, -0.2) is 50.6 Å². The van der Waals surface area contributed by atoms with Crippen LogP contribution in [0.3, 0.4) is 0 Å². The summed E-state index contributed by atoms with van der Waals surface area (Å²) in [7, 11) is 0. The zero-order valence-corrected chi connectivity index (χ0v) is 18.4. The second-order valence-corrected chi connectivity index (χ2v) is 8.10. The lowest BCUT2D eigenvalue weighted by Crippen LogP contribution is -2.40. The fraction of sp³-hybridized carbons (Fsp3) is 0.450. The molecule has 7 N–H and O–H groups in total. The number of carboxylic acid groups (broad SMARTS) is 2. The van der Waals surface area contributed by atoms with Gasteiger partial charge in [-0.05, 0) is 49.0 Å². The van der Waals surface area contributed by atoms with E-state index in [1.165, 1.54) is 12.2 Å². The Kier molecular flexibility index (Phi) is 8.88. The number of rotatable bonds is 10. The largest absolute Gasteiger partial charge is 0.481 e. The standard InChI is InChI=1S/C20H27N5O6S/c1-10(2-6-15(26)23-13(19(30)31)4-7-16(27)28)14(32)5-3-11-8-12-17(22-9-11)24-20(21)25-18(12)29/h2,6,11,13,32H,3-5,7-9H2,1H3,(H,23,26)(H,27,28)(H,30,31)(H4,21,22,24,25,29)/b6-2+,14-10-/t11-,13-/m0/s1. The number of amides is 1. The quantitative estimate of drug-likeness (QED) is 0.150.